The van der Waals surface area contributed by atoms with Crippen LogP contribution in [0, 0.1) is 0 Å². The molecule has 1 aliphatic heterocycles. The summed E-state index contributed by atoms with van der Waals surface area (Å²) < 4.78 is 0. The SMILES string of the molecule is CC(=O)N1CC(O)C[C@H]1C(=O)N[C@@H](CCC(N)=O)C(=O)O. The smallest absolute Gasteiger partial charge is 0.326 e. The van der Waals surface area contributed by atoms with Crippen molar-refractivity contribution in [3.8, 4) is 0 Å². The Bertz CT molecular complexity index is 452. The molecule has 0 saturated carbocycles. The van der Waals surface area contributed by atoms with Gasteiger partial charge in [0, 0.05) is 26.3 Å². The number of hydrogen-bond acceptors (Lipinski definition) is 5. The number of carboxylic acid groups (broad SMARTS) is 1. The maximum absolute atomic E-state index is 12.1. The second kappa shape index (κ2) is 7.02. The van der Waals surface area contributed by atoms with Crippen molar-refractivity contribution in [2.75, 3.05) is 6.54 Å². The van der Waals surface area contributed by atoms with Crippen LogP contribution in [0.3, 0.4) is 0 Å². The highest BCUT2D eigenvalue weighted by Gasteiger charge is 2.38. The third-order valence-electron chi connectivity index (χ3n) is 3.28. The molecule has 0 radical (unpaired) electrons. The number of aliphatic hydroxyl groups excluding tert-OH is 1. The van der Waals surface area contributed by atoms with Crippen LogP contribution in [0.4, 0.5) is 0 Å². The Balaban J connectivity index is 2.70. The highest BCUT2D eigenvalue weighted by Crippen LogP contribution is 2.18. The van der Waals surface area contributed by atoms with E-state index in [2.05, 4.69) is 5.32 Å². The molecule has 0 spiro atoms. The van der Waals surface area contributed by atoms with Crippen LogP contribution >= 0.6 is 0 Å². The van der Waals surface area contributed by atoms with Gasteiger partial charge < -0.3 is 26.2 Å². The highest BCUT2D eigenvalue weighted by atomic mass is 16.4. The van der Waals surface area contributed by atoms with Crippen molar-refractivity contribution in [2.24, 2.45) is 5.73 Å². The number of carboxylic acids is 1. The molecule has 0 aliphatic carbocycles. The van der Waals surface area contributed by atoms with E-state index in [1.54, 1.807) is 0 Å². The summed E-state index contributed by atoms with van der Waals surface area (Å²) in [6.45, 7) is 1.30. The molecule has 1 fully saturated rings. The number of carbonyl (C=O) groups is 4. The number of carbonyl (C=O) groups excluding carboxylic acids is 3. The molecule has 9 nitrogen and oxygen atoms in total. The lowest BCUT2D eigenvalue weighted by Gasteiger charge is -2.23. The molecular weight excluding hydrogens is 282 g/mol. The van der Waals surface area contributed by atoms with Gasteiger partial charge in [0.1, 0.15) is 12.1 Å². The van der Waals surface area contributed by atoms with Crippen LogP contribution in [0.1, 0.15) is 26.2 Å². The Morgan fingerprint density at radius 2 is 2.00 bits per heavy atom. The second-order valence-corrected chi connectivity index (χ2v) is 4.98. The highest BCUT2D eigenvalue weighted by molar-refractivity contribution is 5.90. The first-order valence-corrected chi connectivity index (χ1v) is 6.49. The van der Waals surface area contributed by atoms with Gasteiger partial charge in [0.25, 0.3) is 0 Å². The van der Waals surface area contributed by atoms with E-state index in [1.165, 1.54) is 11.8 Å². The van der Waals surface area contributed by atoms with Gasteiger partial charge in [-0.2, -0.15) is 0 Å². The lowest BCUT2D eigenvalue weighted by molar-refractivity contribution is -0.143. The molecule has 0 bridgehead atoms. The normalized spacial score (nSPS) is 22.7. The van der Waals surface area contributed by atoms with Crippen molar-refractivity contribution in [1.29, 1.82) is 0 Å². The van der Waals surface area contributed by atoms with Crippen LogP contribution in [0.2, 0.25) is 0 Å². The molecule has 21 heavy (non-hydrogen) atoms. The molecule has 0 aromatic heterocycles. The molecule has 0 aromatic rings. The van der Waals surface area contributed by atoms with Gasteiger partial charge in [0.05, 0.1) is 6.10 Å². The standard InChI is InChI=1S/C12H19N3O6/c1-6(16)15-5-7(17)4-9(15)11(19)14-8(12(20)21)2-3-10(13)18/h7-9,17H,2-5H2,1H3,(H2,13,18)(H,14,19)(H,20,21)/t7?,8-,9-/m0/s1. The zero-order valence-corrected chi connectivity index (χ0v) is 11.6. The third kappa shape index (κ3) is 4.71. The molecule has 1 rings (SSSR count). The number of nitrogens with one attached hydrogen (secondary N) is 1. The number of β-amino-alcohol motifs (C(OH)–C–C–N with tert-alkyl or cyclic N) is 1. The van der Waals surface area contributed by atoms with Gasteiger partial charge in [-0.25, -0.2) is 4.79 Å². The van der Waals surface area contributed by atoms with Crippen LogP contribution in [0.5, 0.6) is 0 Å². The van der Waals surface area contributed by atoms with E-state index in [4.69, 9.17) is 10.8 Å². The number of amides is 3. The van der Waals surface area contributed by atoms with Crippen molar-refractivity contribution < 1.29 is 29.4 Å². The fourth-order valence-corrected chi connectivity index (χ4v) is 2.22. The van der Waals surface area contributed by atoms with Crippen LogP contribution in [0.25, 0.3) is 0 Å². The Labute approximate surface area is 121 Å². The minimum absolute atomic E-state index is 0.0342. The molecule has 1 saturated heterocycles. The van der Waals surface area contributed by atoms with Crippen LogP contribution in [-0.4, -0.2) is 63.5 Å². The third-order valence-corrected chi connectivity index (χ3v) is 3.28. The largest absolute Gasteiger partial charge is 0.480 e. The quantitative estimate of drug-likeness (QED) is 0.437. The predicted octanol–water partition coefficient (Wildman–Crippen LogP) is -2.20. The molecule has 3 atom stereocenters. The van der Waals surface area contributed by atoms with Crippen LogP contribution in [-0.2, 0) is 19.2 Å². The van der Waals surface area contributed by atoms with E-state index in [0.717, 1.165) is 0 Å². The summed E-state index contributed by atoms with van der Waals surface area (Å²) in [4.78, 5) is 46.4. The summed E-state index contributed by atoms with van der Waals surface area (Å²) in [5, 5.41) is 20.8. The number of hydrogen-bond donors (Lipinski definition) is 4. The van der Waals surface area contributed by atoms with Gasteiger partial charge in [0.15, 0.2) is 0 Å². The first-order valence-electron chi connectivity index (χ1n) is 6.49. The van der Waals surface area contributed by atoms with E-state index in [-0.39, 0.29) is 31.7 Å². The Kier molecular flexibility index (Phi) is 5.65. The van der Waals surface area contributed by atoms with E-state index < -0.39 is 36.0 Å². The maximum Gasteiger partial charge on any atom is 0.326 e. The van der Waals surface area contributed by atoms with Crippen molar-refractivity contribution in [2.45, 2.75) is 44.4 Å². The van der Waals surface area contributed by atoms with Crippen molar-refractivity contribution in [3.63, 3.8) is 0 Å². The molecule has 1 heterocycles. The first-order chi connectivity index (χ1) is 9.72. The van der Waals surface area contributed by atoms with E-state index in [1.807, 2.05) is 0 Å². The predicted molar refractivity (Wildman–Crippen MR) is 69.8 cm³/mol. The molecule has 5 N–H and O–H groups in total. The van der Waals surface area contributed by atoms with Crippen molar-refractivity contribution in [3.05, 3.63) is 0 Å². The summed E-state index contributed by atoms with van der Waals surface area (Å²) in [7, 11) is 0. The Hall–Kier alpha value is -2.16. The summed E-state index contributed by atoms with van der Waals surface area (Å²) >= 11 is 0. The summed E-state index contributed by atoms with van der Waals surface area (Å²) in [5.41, 5.74) is 4.94. The first kappa shape index (κ1) is 16.9. The van der Waals surface area contributed by atoms with E-state index in [9.17, 15) is 24.3 Å². The summed E-state index contributed by atoms with van der Waals surface area (Å²) in [6.07, 6.45) is -1.08. The van der Waals surface area contributed by atoms with Gasteiger partial charge in [-0.1, -0.05) is 0 Å². The average molecular weight is 301 g/mol. The average Bonchev–Trinajstić information content (AvgIpc) is 2.76. The lowest BCUT2D eigenvalue weighted by atomic mass is 10.1. The van der Waals surface area contributed by atoms with Crippen LogP contribution in [0.15, 0.2) is 0 Å². The van der Waals surface area contributed by atoms with Gasteiger partial charge in [-0.15, -0.1) is 0 Å². The number of aliphatic hydroxyl groups is 1. The molecule has 9 heteroatoms. The molecule has 0 aromatic carbocycles. The van der Waals surface area contributed by atoms with Gasteiger partial charge in [-0.05, 0) is 6.42 Å². The number of aliphatic carboxylic acids is 1. The van der Waals surface area contributed by atoms with E-state index >= 15 is 0 Å². The molecular formula is C12H19N3O6. The Morgan fingerprint density at radius 3 is 2.48 bits per heavy atom. The minimum Gasteiger partial charge on any atom is -0.480 e. The summed E-state index contributed by atoms with van der Waals surface area (Å²) in [5.74, 6) is -3.01. The van der Waals surface area contributed by atoms with E-state index in [0.29, 0.717) is 0 Å². The lowest BCUT2D eigenvalue weighted by Crippen LogP contribution is -2.50. The van der Waals surface area contributed by atoms with Crippen LogP contribution < -0.4 is 11.1 Å². The maximum atomic E-state index is 12.1. The Morgan fingerprint density at radius 1 is 1.38 bits per heavy atom. The molecule has 1 unspecified atom stereocenters. The number of primary amides is 1. The van der Waals surface area contributed by atoms with Gasteiger partial charge in [-0.3, -0.25) is 14.4 Å². The number of nitrogens with two attached hydrogens (primary N) is 1. The molecule has 118 valence electrons. The fraction of sp³-hybridized carbons (Fsp3) is 0.667. The minimum atomic E-state index is -1.29. The fourth-order valence-electron chi connectivity index (χ4n) is 2.22. The van der Waals surface area contributed by atoms with Gasteiger partial charge in [0.2, 0.25) is 17.7 Å². The van der Waals surface area contributed by atoms with Crippen molar-refractivity contribution >= 4 is 23.7 Å². The topological polar surface area (TPSA) is 150 Å². The zero-order chi connectivity index (χ0) is 16.2. The number of likely N-dealkylation sites (tertiary alicyclic amines) is 1. The number of nitrogens with zero attached hydrogens (tertiary/aromatic N) is 1. The zero-order valence-electron chi connectivity index (χ0n) is 11.6. The monoisotopic (exact) mass is 301 g/mol. The molecule has 3 amide bonds. The van der Waals surface area contributed by atoms with Gasteiger partial charge >= 0.3 is 5.97 Å². The summed E-state index contributed by atoms with van der Waals surface area (Å²) in [6, 6.07) is -2.18. The number of rotatable bonds is 6. The second-order valence-electron chi connectivity index (χ2n) is 4.98. The van der Waals surface area contributed by atoms with Crippen molar-refractivity contribution in [1.82, 2.24) is 10.2 Å². The molecule has 1 aliphatic rings.